The number of thioether (sulfide) groups is 1. The van der Waals surface area contributed by atoms with Gasteiger partial charge in [-0.25, -0.2) is 0 Å². The molecule has 0 unspecified atom stereocenters. The minimum Gasteiger partial charge on any atom is -0.352 e. The van der Waals surface area contributed by atoms with E-state index in [1.54, 1.807) is 0 Å². The summed E-state index contributed by atoms with van der Waals surface area (Å²) in [7, 11) is 0. The average Bonchev–Trinajstić information content (AvgIpc) is 2.58. The Morgan fingerprint density at radius 3 is 2.94 bits per heavy atom. The second kappa shape index (κ2) is 5.35. The van der Waals surface area contributed by atoms with E-state index in [0.717, 1.165) is 12.3 Å². The van der Waals surface area contributed by atoms with Crippen molar-refractivity contribution in [2.24, 2.45) is 11.8 Å². The van der Waals surface area contributed by atoms with Gasteiger partial charge in [0.05, 0.1) is 6.04 Å². The van der Waals surface area contributed by atoms with Gasteiger partial charge in [-0.05, 0) is 36.3 Å². The highest BCUT2D eigenvalue weighted by Gasteiger charge is 2.35. The van der Waals surface area contributed by atoms with Crippen molar-refractivity contribution in [3.05, 3.63) is 29.8 Å². The van der Waals surface area contributed by atoms with Gasteiger partial charge < -0.3 is 5.32 Å². The molecule has 1 heterocycles. The molecule has 2 nitrogen and oxygen atoms in total. The minimum atomic E-state index is 0.221. The smallest absolute Gasteiger partial charge is 0.207 e. The molecule has 96 valence electrons. The van der Waals surface area contributed by atoms with E-state index in [-0.39, 0.29) is 6.04 Å². The van der Waals surface area contributed by atoms with Gasteiger partial charge in [-0.3, -0.25) is 4.79 Å². The third-order valence-electron chi connectivity index (χ3n) is 4.35. The fraction of sp³-hybridized carbons (Fsp3) is 0.533. The highest BCUT2D eigenvalue weighted by molar-refractivity contribution is 7.99. The fourth-order valence-electron chi connectivity index (χ4n) is 3.47. The minimum absolute atomic E-state index is 0.221. The van der Waals surface area contributed by atoms with Crippen LogP contribution in [0.2, 0.25) is 0 Å². The van der Waals surface area contributed by atoms with E-state index in [1.165, 1.54) is 41.9 Å². The standard InChI is InChI=1S/C15H19NOS/c17-10-16-15-12-6-2-1-5-11(12)9-18-14-8-4-3-7-13(14)15/h3-4,7-8,10-12,15H,1-2,5-6,9H2,(H,16,17)/t11-,12+,15-/m0/s1. The zero-order valence-electron chi connectivity index (χ0n) is 10.5. The molecule has 3 rings (SSSR count). The van der Waals surface area contributed by atoms with Gasteiger partial charge >= 0.3 is 0 Å². The molecule has 1 aliphatic carbocycles. The number of fused-ring (bicyclic) bond motifs is 2. The Kier molecular flexibility index (Phi) is 3.59. The molecule has 1 saturated carbocycles. The number of nitrogens with one attached hydrogen (secondary N) is 1. The normalized spacial score (nSPS) is 30.8. The number of rotatable bonds is 2. The quantitative estimate of drug-likeness (QED) is 0.827. The van der Waals surface area contributed by atoms with Gasteiger partial charge in [-0.15, -0.1) is 11.8 Å². The summed E-state index contributed by atoms with van der Waals surface area (Å²) in [5.41, 5.74) is 1.32. The van der Waals surface area contributed by atoms with E-state index in [9.17, 15) is 4.79 Å². The highest BCUT2D eigenvalue weighted by Crippen LogP contribution is 2.46. The van der Waals surface area contributed by atoms with Gasteiger partial charge in [0, 0.05) is 10.6 Å². The van der Waals surface area contributed by atoms with E-state index < -0.39 is 0 Å². The van der Waals surface area contributed by atoms with E-state index >= 15 is 0 Å². The van der Waals surface area contributed by atoms with Crippen LogP contribution in [0.5, 0.6) is 0 Å². The van der Waals surface area contributed by atoms with Gasteiger partial charge in [0.15, 0.2) is 0 Å². The topological polar surface area (TPSA) is 29.1 Å². The van der Waals surface area contributed by atoms with Crippen LogP contribution >= 0.6 is 11.8 Å². The van der Waals surface area contributed by atoms with Crippen molar-refractivity contribution >= 4 is 18.2 Å². The summed E-state index contributed by atoms with van der Waals surface area (Å²) in [6, 6.07) is 8.77. The number of hydrogen-bond donors (Lipinski definition) is 1. The van der Waals surface area contributed by atoms with Crippen LogP contribution in [0.4, 0.5) is 0 Å². The van der Waals surface area contributed by atoms with Crippen LogP contribution < -0.4 is 5.32 Å². The molecule has 0 radical (unpaired) electrons. The number of amides is 1. The van der Waals surface area contributed by atoms with Crippen molar-refractivity contribution in [3.63, 3.8) is 0 Å². The maximum atomic E-state index is 11.0. The Bertz CT molecular complexity index is 434. The maximum Gasteiger partial charge on any atom is 0.207 e. The molecule has 3 atom stereocenters. The lowest BCUT2D eigenvalue weighted by molar-refractivity contribution is -0.110. The zero-order valence-corrected chi connectivity index (χ0v) is 11.3. The largest absolute Gasteiger partial charge is 0.352 e. The second-order valence-corrected chi connectivity index (χ2v) is 6.38. The molecule has 1 N–H and O–H groups in total. The third-order valence-corrected chi connectivity index (χ3v) is 5.63. The number of hydrogen-bond acceptors (Lipinski definition) is 2. The molecule has 1 amide bonds. The summed E-state index contributed by atoms with van der Waals surface area (Å²) in [5, 5.41) is 3.09. The summed E-state index contributed by atoms with van der Waals surface area (Å²) in [4.78, 5) is 12.3. The number of benzene rings is 1. The van der Waals surface area contributed by atoms with Gasteiger partial charge in [0.25, 0.3) is 0 Å². The lowest BCUT2D eigenvalue weighted by atomic mass is 9.74. The molecule has 3 heteroatoms. The molecule has 0 spiro atoms. The Hall–Kier alpha value is -0.960. The summed E-state index contributed by atoms with van der Waals surface area (Å²) >= 11 is 1.97. The lowest BCUT2D eigenvalue weighted by Gasteiger charge is -2.35. The summed E-state index contributed by atoms with van der Waals surface area (Å²) < 4.78 is 0. The molecular weight excluding hydrogens is 242 g/mol. The van der Waals surface area contributed by atoms with E-state index in [4.69, 9.17) is 0 Å². The molecule has 0 bridgehead atoms. The first kappa shape index (κ1) is 12.1. The third kappa shape index (κ3) is 2.16. The Balaban J connectivity index is 1.98. The van der Waals surface area contributed by atoms with Crippen LogP contribution in [0.1, 0.15) is 37.3 Å². The van der Waals surface area contributed by atoms with Gasteiger partial charge in [-0.1, -0.05) is 31.0 Å². The van der Waals surface area contributed by atoms with Crippen LogP contribution in [0.3, 0.4) is 0 Å². The monoisotopic (exact) mass is 261 g/mol. The number of carbonyl (C=O) groups excluding carboxylic acids is 1. The first-order valence-corrected chi connectivity index (χ1v) is 7.80. The van der Waals surface area contributed by atoms with E-state index in [2.05, 4.69) is 29.6 Å². The van der Waals surface area contributed by atoms with Gasteiger partial charge in [-0.2, -0.15) is 0 Å². The highest BCUT2D eigenvalue weighted by atomic mass is 32.2. The SMILES string of the molecule is O=CN[C@@H]1c2ccccc2SC[C@@H]2CCCC[C@H]21. The van der Waals surface area contributed by atoms with E-state index in [0.29, 0.717) is 5.92 Å². The summed E-state index contributed by atoms with van der Waals surface area (Å²) in [5.74, 6) is 2.59. The van der Waals surface area contributed by atoms with Crippen molar-refractivity contribution in [3.8, 4) is 0 Å². The average molecular weight is 261 g/mol. The van der Waals surface area contributed by atoms with E-state index in [1.807, 2.05) is 11.8 Å². The predicted molar refractivity (Wildman–Crippen MR) is 74.6 cm³/mol. The van der Waals surface area contributed by atoms with Crippen LogP contribution in [0.15, 0.2) is 29.2 Å². The molecule has 1 fully saturated rings. The zero-order chi connectivity index (χ0) is 12.4. The fourth-order valence-corrected chi connectivity index (χ4v) is 4.81. The van der Waals surface area contributed by atoms with Crippen LogP contribution in [0, 0.1) is 11.8 Å². The molecule has 1 aromatic rings. The predicted octanol–water partition coefficient (Wildman–Crippen LogP) is 3.39. The molecule has 2 aliphatic rings. The van der Waals surface area contributed by atoms with Crippen molar-refractivity contribution in [2.45, 2.75) is 36.6 Å². The first-order chi connectivity index (χ1) is 8.90. The molecule has 1 aromatic carbocycles. The number of carbonyl (C=O) groups is 1. The lowest BCUT2D eigenvalue weighted by Crippen LogP contribution is -2.33. The molecule has 0 aromatic heterocycles. The summed E-state index contributed by atoms with van der Waals surface area (Å²) in [6.45, 7) is 0. The van der Waals surface area contributed by atoms with Crippen molar-refractivity contribution in [1.29, 1.82) is 0 Å². The Labute approximate surface area is 113 Å². The van der Waals surface area contributed by atoms with Crippen molar-refractivity contribution < 1.29 is 4.79 Å². The Morgan fingerprint density at radius 2 is 2.06 bits per heavy atom. The summed E-state index contributed by atoms with van der Waals surface area (Å²) in [6.07, 6.45) is 6.12. The van der Waals surface area contributed by atoms with Crippen molar-refractivity contribution in [1.82, 2.24) is 5.32 Å². The first-order valence-electron chi connectivity index (χ1n) is 6.81. The molecule has 0 saturated heterocycles. The van der Waals surface area contributed by atoms with Crippen LogP contribution in [0.25, 0.3) is 0 Å². The van der Waals surface area contributed by atoms with Crippen LogP contribution in [-0.2, 0) is 4.79 Å². The Morgan fingerprint density at radius 1 is 1.22 bits per heavy atom. The molecular formula is C15H19NOS. The maximum absolute atomic E-state index is 11.0. The van der Waals surface area contributed by atoms with Crippen molar-refractivity contribution in [2.75, 3.05) is 5.75 Å². The molecule has 18 heavy (non-hydrogen) atoms. The van der Waals surface area contributed by atoms with Crippen LogP contribution in [-0.4, -0.2) is 12.2 Å². The molecule has 1 aliphatic heterocycles. The second-order valence-electron chi connectivity index (χ2n) is 5.32. The van der Waals surface area contributed by atoms with Gasteiger partial charge in [0.1, 0.15) is 0 Å². The van der Waals surface area contributed by atoms with Gasteiger partial charge in [0.2, 0.25) is 6.41 Å².